The number of carbonyl (C=O) groups is 2. The van der Waals surface area contributed by atoms with Gasteiger partial charge in [-0.3, -0.25) is 0 Å². The highest BCUT2D eigenvalue weighted by atomic mass is 127. The van der Waals surface area contributed by atoms with E-state index >= 15 is 0 Å². The normalized spacial score (nSPS) is 21.7. The van der Waals surface area contributed by atoms with E-state index < -0.39 is 0 Å². The van der Waals surface area contributed by atoms with Crippen molar-refractivity contribution < 1.29 is 14.3 Å². The maximum atomic E-state index is 12.5. The van der Waals surface area contributed by atoms with Crippen LogP contribution in [0.4, 0.5) is 4.79 Å². The highest BCUT2D eigenvalue weighted by Crippen LogP contribution is 2.36. The molecular formula is C24H30IN3O3. The molecule has 0 N–H and O–H groups in total. The summed E-state index contributed by atoms with van der Waals surface area (Å²) < 4.78 is 7.38. The van der Waals surface area contributed by atoms with E-state index in [1.807, 2.05) is 13.2 Å². The molecule has 0 bridgehead atoms. The Kier molecular flexibility index (Phi) is 7.30. The number of nitrogens with zero attached hydrogens (tertiary/aromatic N) is 3. The number of aldehydes is 1. The molecule has 6 nitrogen and oxygen atoms in total. The largest absolute Gasteiger partial charge is 0.443 e. The van der Waals surface area contributed by atoms with Crippen LogP contribution in [0.25, 0.3) is 11.1 Å². The van der Waals surface area contributed by atoms with E-state index in [0.29, 0.717) is 12.0 Å². The monoisotopic (exact) mass is 535 g/mol. The van der Waals surface area contributed by atoms with Crippen molar-refractivity contribution in [3.8, 4) is 11.1 Å². The summed E-state index contributed by atoms with van der Waals surface area (Å²) in [5.74, 6) is 0.649. The smallest absolute Gasteiger partial charge is 0.410 e. The third kappa shape index (κ3) is 5.13. The summed E-state index contributed by atoms with van der Waals surface area (Å²) >= 11 is 2.13. The van der Waals surface area contributed by atoms with Crippen molar-refractivity contribution in [3.63, 3.8) is 0 Å². The summed E-state index contributed by atoms with van der Waals surface area (Å²) in [5, 5.41) is 4.39. The van der Waals surface area contributed by atoms with Crippen molar-refractivity contribution >= 4 is 35.2 Å². The first-order valence-corrected chi connectivity index (χ1v) is 12.2. The van der Waals surface area contributed by atoms with E-state index in [1.165, 1.54) is 18.4 Å². The second-order valence-corrected chi connectivity index (χ2v) is 9.76. The maximum Gasteiger partial charge on any atom is 0.410 e. The number of benzene rings is 1. The van der Waals surface area contributed by atoms with Crippen LogP contribution in [0.2, 0.25) is 0 Å². The van der Waals surface area contributed by atoms with Crippen molar-refractivity contribution in [1.29, 1.82) is 0 Å². The first kappa shape index (κ1) is 22.3. The Morgan fingerprint density at radius 3 is 2.65 bits per heavy atom. The second kappa shape index (κ2) is 10.1. The van der Waals surface area contributed by atoms with Gasteiger partial charge in [0.05, 0.1) is 34.8 Å². The number of ether oxygens (including phenoxy) is 1. The lowest BCUT2D eigenvalue weighted by molar-refractivity contribution is -0.112. The molecule has 0 radical (unpaired) electrons. The van der Waals surface area contributed by atoms with Crippen molar-refractivity contribution in [2.75, 3.05) is 7.05 Å². The van der Waals surface area contributed by atoms with Crippen LogP contribution in [0.15, 0.2) is 30.5 Å². The highest BCUT2D eigenvalue weighted by molar-refractivity contribution is 14.1. The summed E-state index contributed by atoms with van der Waals surface area (Å²) in [6.45, 7) is 0.194. The van der Waals surface area contributed by atoms with E-state index in [1.54, 1.807) is 7.80 Å². The fourth-order valence-corrected chi connectivity index (χ4v) is 5.51. The van der Waals surface area contributed by atoms with Crippen LogP contribution in [0.3, 0.4) is 0 Å². The molecule has 2 fully saturated rings. The number of hydrogen-bond donors (Lipinski definition) is 0. The molecule has 1 unspecified atom stereocenters. The van der Waals surface area contributed by atoms with Gasteiger partial charge in [-0.05, 0) is 49.1 Å². The molecule has 4 rings (SSSR count). The molecule has 2 saturated carbocycles. The zero-order valence-corrected chi connectivity index (χ0v) is 20.2. The number of hydrogen-bond acceptors (Lipinski definition) is 4. The average Bonchev–Trinajstić information content (AvgIpc) is 3.47. The predicted molar refractivity (Wildman–Crippen MR) is 128 cm³/mol. The van der Waals surface area contributed by atoms with Gasteiger partial charge in [-0.25, -0.2) is 7.69 Å². The van der Waals surface area contributed by atoms with Gasteiger partial charge in [0.25, 0.3) is 0 Å². The van der Waals surface area contributed by atoms with Crippen molar-refractivity contribution in [2.24, 2.45) is 5.92 Å². The van der Waals surface area contributed by atoms with E-state index in [0.717, 1.165) is 61.6 Å². The van der Waals surface area contributed by atoms with Gasteiger partial charge in [-0.2, -0.15) is 5.10 Å². The topological polar surface area (TPSA) is 64.4 Å². The number of rotatable bonds is 6. The van der Waals surface area contributed by atoms with Crippen LogP contribution in [0.5, 0.6) is 0 Å². The zero-order chi connectivity index (χ0) is 21.8. The third-order valence-corrected chi connectivity index (χ3v) is 7.75. The van der Waals surface area contributed by atoms with Crippen LogP contribution >= 0.6 is 22.9 Å². The molecular weight excluding hydrogens is 505 g/mol. The lowest BCUT2D eigenvalue weighted by Crippen LogP contribution is -2.35. The first-order valence-electron chi connectivity index (χ1n) is 11.2. The first-order chi connectivity index (χ1) is 15.1. The van der Waals surface area contributed by atoms with Gasteiger partial charge in [0.1, 0.15) is 12.9 Å². The Morgan fingerprint density at radius 2 is 1.94 bits per heavy atom. The van der Waals surface area contributed by atoms with Crippen LogP contribution < -0.4 is 0 Å². The van der Waals surface area contributed by atoms with Crippen molar-refractivity contribution in [3.05, 3.63) is 41.7 Å². The van der Waals surface area contributed by atoms with Gasteiger partial charge >= 0.3 is 6.09 Å². The number of carbonyl (C=O) groups excluding carboxylic acids is 2. The minimum Gasteiger partial charge on any atom is -0.443 e. The SMILES string of the molecule is CN(C(=O)OCc1c(-c2ccc(C3CCC[C@H](C=O)C3)cc2)cnn1I)C1CCCC1. The molecule has 1 amide bonds. The third-order valence-electron chi connectivity index (χ3n) is 6.91. The number of aromatic nitrogens is 2. The molecule has 2 aromatic rings. The van der Waals surface area contributed by atoms with Crippen molar-refractivity contribution in [1.82, 2.24) is 12.9 Å². The van der Waals surface area contributed by atoms with Gasteiger partial charge in [0.15, 0.2) is 0 Å². The van der Waals surface area contributed by atoms with E-state index in [9.17, 15) is 9.59 Å². The van der Waals surface area contributed by atoms with Crippen LogP contribution in [0.1, 0.15) is 68.5 Å². The molecule has 31 heavy (non-hydrogen) atoms. The summed E-state index contributed by atoms with van der Waals surface area (Å²) in [5.41, 5.74) is 4.21. The van der Waals surface area contributed by atoms with Crippen LogP contribution in [-0.2, 0) is 16.1 Å². The van der Waals surface area contributed by atoms with Gasteiger partial charge < -0.3 is 14.4 Å². The highest BCUT2D eigenvalue weighted by Gasteiger charge is 2.25. The van der Waals surface area contributed by atoms with Crippen LogP contribution in [-0.4, -0.2) is 38.4 Å². The van der Waals surface area contributed by atoms with E-state index in [4.69, 9.17) is 4.74 Å². The summed E-state index contributed by atoms with van der Waals surface area (Å²) in [6, 6.07) is 8.86. The zero-order valence-electron chi connectivity index (χ0n) is 18.0. The molecule has 2 aliphatic rings. The van der Waals surface area contributed by atoms with E-state index in [-0.39, 0.29) is 18.6 Å². The molecule has 2 aliphatic carbocycles. The number of amides is 1. The average molecular weight is 535 g/mol. The minimum absolute atomic E-state index is 0.194. The van der Waals surface area contributed by atoms with Crippen LogP contribution in [0, 0.1) is 5.92 Å². The van der Waals surface area contributed by atoms with E-state index in [2.05, 4.69) is 52.2 Å². The molecule has 1 heterocycles. The molecule has 166 valence electrons. The molecule has 0 spiro atoms. The lowest BCUT2D eigenvalue weighted by atomic mass is 9.78. The maximum absolute atomic E-state index is 12.5. The summed E-state index contributed by atoms with van der Waals surface area (Å²) in [6.07, 6.45) is 11.4. The number of halogens is 1. The summed E-state index contributed by atoms with van der Waals surface area (Å²) in [7, 11) is 1.83. The Bertz CT molecular complexity index is 905. The molecule has 0 aliphatic heterocycles. The molecule has 1 aromatic carbocycles. The molecule has 0 saturated heterocycles. The fourth-order valence-electron chi connectivity index (χ4n) is 4.99. The minimum atomic E-state index is -0.271. The van der Waals surface area contributed by atoms with Gasteiger partial charge in [-0.15, -0.1) is 0 Å². The quantitative estimate of drug-likeness (QED) is 0.350. The van der Waals surface area contributed by atoms with Gasteiger partial charge in [-0.1, -0.05) is 43.5 Å². The predicted octanol–water partition coefficient (Wildman–Crippen LogP) is 5.73. The molecule has 2 atom stereocenters. The standard InChI is InChI=1S/C24H30IN3O3/c1-27(21-7-2-3-8-21)24(30)31-16-23-22(14-26-28(23)25)19-11-9-18(10-12-19)20-6-4-5-17(13-20)15-29/h9-12,14-15,17,20-21H,2-8,13,16H2,1H3/t17-,20?/m0/s1. The Morgan fingerprint density at radius 1 is 1.19 bits per heavy atom. The second-order valence-electron chi connectivity index (χ2n) is 8.85. The lowest BCUT2D eigenvalue weighted by Gasteiger charge is -2.26. The summed E-state index contributed by atoms with van der Waals surface area (Å²) in [4.78, 5) is 25.4. The molecule has 1 aromatic heterocycles. The fraction of sp³-hybridized carbons (Fsp3) is 0.542. The van der Waals surface area contributed by atoms with Gasteiger partial charge in [0.2, 0.25) is 0 Å². The Hall–Kier alpha value is -1.90. The Labute approximate surface area is 197 Å². The molecule has 7 heteroatoms. The van der Waals surface area contributed by atoms with Crippen molar-refractivity contribution in [2.45, 2.75) is 69.9 Å². The Balaban J connectivity index is 1.43. The van der Waals surface area contributed by atoms with Gasteiger partial charge in [0, 0.05) is 24.6 Å².